The second-order valence-corrected chi connectivity index (χ2v) is 9.00. The van der Waals surface area contributed by atoms with Gasteiger partial charge < -0.3 is 15.2 Å². The van der Waals surface area contributed by atoms with Gasteiger partial charge in [-0.25, -0.2) is 9.40 Å². The molecule has 0 bridgehead atoms. The first-order valence-corrected chi connectivity index (χ1v) is 10.2. The molecule has 0 unspecified atom stereocenters. The van der Waals surface area contributed by atoms with Crippen molar-refractivity contribution in [3.05, 3.63) is 17.5 Å². The van der Waals surface area contributed by atoms with Gasteiger partial charge in [-0.1, -0.05) is 37.5 Å². The van der Waals surface area contributed by atoms with E-state index in [0.29, 0.717) is 23.7 Å². The van der Waals surface area contributed by atoms with Gasteiger partial charge in [-0.2, -0.15) is 0 Å². The molecular weight excluding hydrogens is 433 g/mol. The normalized spacial score (nSPS) is 18.1. The summed E-state index contributed by atoms with van der Waals surface area (Å²) >= 11 is 5.28. The van der Waals surface area contributed by atoms with Crippen LogP contribution in [-0.4, -0.2) is 58.6 Å². The van der Waals surface area contributed by atoms with Crippen molar-refractivity contribution in [2.24, 2.45) is 11.3 Å². The lowest BCUT2D eigenvalue weighted by molar-refractivity contribution is -0.145. The first-order valence-electron chi connectivity index (χ1n) is 9.79. The Kier molecular flexibility index (Phi) is 7.99. The number of hydrogen-bond donors (Lipinski definition) is 3. The highest BCUT2D eigenvalue weighted by Gasteiger charge is 2.34. The van der Waals surface area contributed by atoms with E-state index in [-0.39, 0.29) is 30.0 Å². The molecular formula is C19H27ClFN5O5. The summed E-state index contributed by atoms with van der Waals surface area (Å²) in [6.45, 7) is 7.37. The van der Waals surface area contributed by atoms with Crippen LogP contribution in [0.3, 0.4) is 0 Å². The molecule has 2 rings (SSSR count). The fourth-order valence-electron chi connectivity index (χ4n) is 3.09. The van der Waals surface area contributed by atoms with Gasteiger partial charge in [-0.15, -0.1) is 0 Å². The molecule has 1 saturated heterocycles. The lowest BCUT2D eigenvalue weighted by Crippen LogP contribution is -2.57. The number of rotatable bonds is 7. The zero-order valence-corrected chi connectivity index (χ0v) is 18.6. The zero-order valence-electron chi connectivity index (χ0n) is 17.8. The molecule has 0 aromatic carbocycles. The number of aromatic nitrogens is 1. The van der Waals surface area contributed by atoms with Crippen LogP contribution in [-0.2, 0) is 14.4 Å². The molecule has 1 aromatic heterocycles. The minimum absolute atomic E-state index is 0.00986. The first kappa shape index (κ1) is 24.6. The van der Waals surface area contributed by atoms with Gasteiger partial charge in [0, 0.05) is 12.6 Å². The molecule has 1 aromatic rings. The van der Waals surface area contributed by atoms with Crippen LogP contribution in [0.2, 0.25) is 0 Å². The van der Waals surface area contributed by atoms with E-state index in [9.17, 15) is 23.6 Å². The maximum absolute atomic E-state index is 13.5. The summed E-state index contributed by atoms with van der Waals surface area (Å²) in [7, 11) is 0. The summed E-state index contributed by atoms with van der Waals surface area (Å²) in [6.07, 6.45) is 0.624. The van der Waals surface area contributed by atoms with Gasteiger partial charge in [0.05, 0.1) is 12.5 Å². The monoisotopic (exact) mass is 459 g/mol. The van der Waals surface area contributed by atoms with E-state index in [1.54, 1.807) is 6.92 Å². The van der Waals surface area contributed by atoms with E-state index in [2.05, 4.69) is 21.2 Å². The molecule has 1 aliphatic rings. The topological polar surface area (TPSA) is 134 Å². The minimum Gasteiger partial charge on any atom is -0.361 e. The van der Waals surface area contributed by atoms with Gasteiger partial charge >= 0.3 is 0 Å². The molecule has 3 atom stereocenters. The highest BCUT2D eigenvalue weighted by Crippen LogP contribution is 2.22. The standard InChI is InChI=1S/C19H27ClFN5O5/c1-10-7-12(25-31-10)16(28)23-13(8-19(2,3)4)17(29)24-26(18(30)14(20)21)9-11-5-6-22-15(11)27/h7,11,13-14H,5-6,8-9H2,1-4H3,(H,22,27)(H,23,28)(H,24,29)/t11-,13-,14-/m0/s1. The molecule has 0 saturated carbocycles. The predicted octanol–water partition coefficient (Wildman–Crippen LogP) is 1.05. The average Bonchev–Trinajstić information content (AvgIpc) is 3.27. The predicted molar refractivity (Wildman–Crippen MR) is 108 cm³/mol. The fourth-order valence-corrected chi connectivity index (χ4v) is 3.20. The Labute approximate surface area is 184 Å². The van der Waals surface area contributed by atoms with Crippen LogP contribution in [0.1, 0.15) is 49.9 Å². The Morgan fingerprint density at radius 3 is 2.58 bits per heavy atom. The van der Waals surface area contributed by atoms with Crippen molar-refractivity contribution in [3.63, 3.8) is 0 Å². The van der Waals surface area contributed by atoms with Crippen molar-refractivity contribution in [3.8, 4) is 0 Å². The molecule has 12 heteroatoms. The molecule has 10 nitrogen and oxygen atoms in total. The van der Waals surface area contributed by atoms with Gasteiger partial charge in [0.1, 0.15) is 11.8 Å². The summed E-state index contributed by atoms with van der Waals surface area (Å²) < 4.78 is 18.4. The summed E-state index contributed by atoms with van der Waals surface area (Å²) in [5.74, 6) is -3.11. The molecule has 0 radical (unpaired) electrons. The Morgan fingerprint density at radius 2 is 2.10 bits per heavy atom. The molecule has 2 heterocycles. The highest BCUT2D eigenvalue weighted by molar-refractivity contribution is 6.29. The Balaban J connectivity index is 2.17. The van der Waals surface area contributed by atoms with Crippen molar-refractivity contribution < 1.29 is 28.1 Å². The van der Waals surface area contributed by atoms with Crippen molar-refractivity contribution in [2.75, 3.05) is 13.1 Å². The van der Waals surface area contributed by atoms with Crippen molar-refractivity contribution in [1.29, 1.82) is 0 Å². The second kappa shape index (κ2) is 10.1. The molecule has 172 valence electrons. The average molecular weight is 460 g/mol. The van der Waals surface area contributed by atoms with Crippen LogP contribution >= 0.6 is 11.6 Å². The smallest absolute Gasteiger partial charge is 0.291 e. The third kappa shape index (κ3) is 7.20. The van der Waals surface area contributed by atoms with Gasteiger partial charge in [0.2, 0.25) is 5.91 Å². The van der Waals surface area contributed by atoms with Gasteiger partial charge in [-0.05, 0) is 25.2 Å². The number of hydrogen-bond acceptors (Lipinski definition) is 6. The first-order chi connectivity index (χ1) is 14.4. The summed E-state index contributed by atoms with van der Waals surface area (Å²) in [4.78, 5) is 49.5. The molecule has 0 aliphatic carbocycles. The number of carbonyl (C=O) groups excluding carboxylic acids is 4. The van der Waals surface area contributed by atoms with E-state index in [4.69, 9.17) is 16.1 Å². The largest absolute Gasteiger partial charge is 0.361 e. The Hall–Kier alpha value is -2.69. The fraction of sp³-hybridized carbons (Fsp3) is 0.632. The number of alkyl halides is 2. The van der Waals surface area contributed by atoms with Crippen LogP contribution in [0.15, 0.2) is 10.6 Å². The van der Waals surface area contributed by atoms with E-state index in [1.165, 1.54) is 6.07 Å². The number of carbonyl (C=O) groups is 4. The summed E-state index contributed by atoms with van der Waals surface area (Å²) in [5, 5.41) is 9.48. The number of halogens is 2. The van der Waals surface area contributed by atoms with E-state index in [0.717, 1.165) is 0 Å². The molecule has 0 spiro atoms. The van der Waals surface area contributed by atoms with Crippen LogP contribution < -0.4 is 16.1 Å². The van der Waals surface area contributed by atoms with E-state index >= 15 is 0 Å². The quantitative estimate of drug-likeness (QED) is 0.412. The SMILES string of the molecule is Cc1cc(C(=O)N[C@@H](CC(C)(C)C)C(=O)NN(C[C@@H]2CCNC2=O)C(=O)[C@H](F)Cl)no1. The third-order valence-electron chi connectivity index (χ3n) is 4.56. The number of nitrogens with one attached hydrogen (secondary N) is 3. The van der Waals surface area contributed by atoms with E-state index in [1.807, 2.05) is 20.8 Å². The van der Waals surface area contributed by atoms with Gasteiger partial charge in [-0.3, -0.25) is 24.6 Å². The lowest BCUT2D eigenvalue weighted by atomic mass is 9.87. The van der Waals surface area contributed by atoms with Gasteiger partial charge in [0.15, 0.2) is 5.69 Å². The zero-order chi connectivity index (χ0) is 23.3. The van der Waals surface area contributed by atoms with Crippen LogP contribution in [0, 0.1) is 18.3 Å². The maximum atomic E-state index is 13.5. The summed E-state index contributed by atoms with van der Waals surface area (Å²) in [6, 6.07) is 0.336. The molecule has 31 heavy (non-hydrogen) atoms. The second-order valence-electron chi connectivity index (χ2n) is 8.62. The Morgan fingerprint density at radius 1 is 1.42 bits per heavy atom. The molecule has 4 amide bonds. The maximum Gasteiger partial charge on any atom is 0.291 e. The molecule has 3 N–H and O–H groups in total. The number of amides is 4. The third-order valence-corrected chi connectivity index (χ3v) is 4.75. The summed E-state index contributed by atoms with van der Waals surface area (Å²) in [5.41, 5.74) is -0.486. The van der Waals surface area contributed by atoms with Crippen LogP contribution in [0.25, 0.3) is 0 Å². The number of hydrazine groups is 1. The van der Waals surface area contributed by atoms with Gasteiger partial charge in [0.25, 0.3) is 23.4 Å². The van der Waals surface area contributed by atoms with E-state index < -0.39 is 35.3 Å². The lowest BCUT2D eigenvalue weighted by Gasteiger charge is -2.30. The molecule has 1 fully saturated rings. The van der Waals surface area contributed by atoms with Crippen LogP contribution in [0.5, 0.6) is 0 Å². The Bertz CT molecular complexity index is 838. The van der Waals surface area contributed by atoms with Crippen molar-refractivity contribution >= 4 is 35.2 Å². The van der Waals surface area contributed by atoms with Crippen LogP contribution in [0.4, 0.5) is 4.39 Å². The number of nitrogens with zero attached hydrogens (tertiary/aromatic N) is 2. The molecule has 1 aliphatic heterocycles. The minimum atomic E-state index is -2.40. The number of aryl methyl sites for hydroxylation is 1. The van der Waals surface area contributed by atoms with Crippen molar-refractivity contribution in [2.45, 2.75) is 52.2 Å². The van der Waals surface area contributed by atoms with Crippen molar-refractivity contribution in [1.82, 2.24) is 26.2 Å². The highest BCUT2D eigenvalue weighted by atomic mass is 35.5.